The highest BCUT2D eigenvalue weighted by Gasteiger charge is 2.18. The number of carboxylic acid groups (broad SMARTS) is 1. The lowest BCUT2D eigenvalue weighted by Crippen LogP contribution is -2.26. The van der Waals surface area contributed by atoms with Crippen LogP contribution in [0.1, 0.15) is 13.3 Å². The smallest absolute Gasteiger partial charge is 0.344 e. The van der Waals surface area contributed by atoms with E-state index in [1.807, 2.05) is 0 Å². The van der Waals surface area contributed by atoms with Crippen molar-refractivity contribution in [3.63, 3.8) is 0 Å². The summed E-state index contributed by atoms with van der Waals surface area (Å²) in [5, 5.41) is 8.85. The molecule has 0 aliphatic heterocycles. The number of rotatable bonds is 5. The van der Waals surface area contributed by atoms with Gasteiger partial charge in [0, 0.05) is 6.07 Å². The summed E-state index contributed by atoms with van der Waals surface area (Å²) in [7, 11) is 1.52. The quantitative estimate of drug-likeness (QED) is 0.742. The van der Waals surface area contributed by atoms with Crippen molar-refractivity contribution in [3.05, 3.63) is 18.2 Å². The molecule has 1 rings (SSSR count). The molecule has 3 N–H and O–H groups in total. The first-order valence-corrected chi connectivity index (χ1v) is 4.91. The van der Waals surface area contributed by atoms with Crippen LogP contribution in [0.3, 0.4) is 0 Å². The number of anilines is 1. The second kappa shape index (κ2) is 5.25. The van der Waals surface area contributed by atoms with Crippen molar-refractivity contribution < 1.29 is 19.4 Å². The Hall–Kier alpha value is -1.91. The largest absolute Gasteiger partial charge is 0.497 e. The standard InChI is InChI=1S/C11H15NO4/c1-3-9(11(13)14)16-10-6-7(15-2)4-5-8(10)12/h4-6,9H,3,12H2,1-2H3,(H,13,14). The van der Waals surface area contributed by atoms with Crippen molar-refractivity contribution in [1.82, 2.24) is 0 Å². The number of hydrogen-bond acceptors (Lipinski definition) is 4. The van der Waals surface area contributed by atoms with Gasteiger partial charge >= 0.3 is 5.97 Å². The number of carbonyl (C=O) groups is 1. The molecule has 1 aromatic carbocycles. The first-order valence-electron chi connectivity index (χ1n) is 4.91. The van der Waals surface area contributed by atoms with Gasteiger partial charge in [0.15, 0.2) is 6.10 Å². The molecule has 1 atom stereocenters. The van der Waals surface area contributed by atoms with E-state index < -0.39 is 12.1 Å². The van der Waals surface area contributed by atoms with Gasteiger partial charge in [-0.2, -0.15) is 0 Å². The summed E-state index contributed by atoms with van der Waals surface area (Å²) in [4.78, 5) is 10.8. The van der Waals surface area contributed by atoms with Crippen LogP contribution in [0.25, 0.3) is 0 Å². The molecular formula is C11H15NO4. The molecule has 0 saturated heterocycles. The summed E-state index contributed by atoms with van der Waals surface area (Å²) in [5.74, 6) is -0.109. The molecule has 0 bridgehead atoms. The lowest BCUT2D eigenvalue weighted by molar-refractivity contribution is -0.145. The molecular weight excluding hydrogens is 210 g/mol. The van der Waals surface area contributed by atoms with Crippen molar-refractivity contribution in [2.75, 3.05) is 12.8 Å². The van der Waals surface area contributed by atoms with Gasteiger partial charge in [-0.3, -0.25) is 0 Å². The summed E-state index contributed by atoms with van der Waals surface area (Å²) in [6, 6.07) is 4.87. The van der Waals surface area contributed by atoms with Gasteiger partial charge in [0.2, 0.25) is 0 Å². The van der Waals surface area contributed by atoms with E-state index >= 15 is 0 Å². The molecule has 0 saturated carbocycles. The van der Waals surface area contributed by atoms with E-state index in [0.29, 0.717) is 23.6 Å². The van der Waals surface area contributed by atoms with E-state index in [-0.39, 0.29) is 0 Å². The number of carboxylic acids is 1. The second-order valence-electron chi connectivity index (χ2n) is 3.26. The molecule has 0 aromatic heterocycles. The maximum absolute atomic E-state index is 10.8. The molecule has 0 heterocycles. The Balaban J connectivity index is 2.90. The minimum Gasteiger partial charge on any atom is -0.497 e. The fourth-order valence-electron chi connectivity index (χ4n) is 1.21. The highest BCUT2D eigenvalue weighted by atomic mass is 16.5. The fourth-order valence-corrected chi connectivity index (χ4v) is 1.21. The molecule has 1 unspecified atom stereocenters. The van der Waals surface area contributed by atoms with Crippen molar-refractivity contribution in [2.45, 2.75) is 19.4 Å². The van der Waals surface area contributed by atoms with Gasteiger partial charge in [-0.25, -0.2) is 4.79 Å². The first-order chi connectivity index (χ1) is 7.58. The van der Waals surface area contributed by atoms with Gasteiger partial charge in [-0.1, -0.05) is 6.92 Å². The van der Waals surface area contributed by atoms with E-state index in [4.69, 9.17) is 20.3 Å². The van der Waals surface area contributed by atoms with E-state index in [2.05, 4.69) is 0 Å². The highest BCUT2D eigenvalue weighted by molar-refractivity contribution is 5.73. The van der Waals surface area contributed by atoms with Crippen LogP contribution in [-0.4, -0.2) is 24.3 Å². The average Bonchev–Trinajstić information content (AvgIpc) is 2.27. The Morgan fingerprint density at radius 1 is 1.56 bits per heavy atom. The van der Waals surface area contributed by atoms with Crippen LogP contribution in [0, 0.1) is 0 Å². The van der Waals surface area contributed by atoms with Gasteiger partial charge < -0.3 is 20.3 Å². The van der Waals surface area contributed by atoms with Crippen molar-refractivity contribution in [2.24, 2.45) is 0 Å². The third kappa shape index (κ3) is 2.79. The maximum Gasteiger partial charge on any atom is 0.344 e. The Kier molecular flexibility index (Phi) is 3.99. The predicted molar refractivity (Wildman–Crippen MR) is 59.7 cm³/mol. The average molecular weight is 225 g/mol. The lowest BCUT2D eigenvalue weighted by atomic mass is 10.2. The fraction of sp³-hybridized carbons (Fsp3) is 0.364. The third-order valence-electron chi connectivity index (χ3n) is 2.14. The number of ether oxygens (including phenoxy) is 2. The Morgan fingerprint density at radius 3 is 2.75 bits per heavy atom. The Morgan fingerprint density at radius 2 is 2.25 bits per heavy atom. The molecule has 1 aromatic rings. The molecule has 0 aliphatic carbocycles. The summed E-state index contributed by atoms with van der Waals surface area (Å²) < 4.78 is 10.3. The van der Waals surface area contributed by atoms with E-state index in [1.165, 1.54) is 7.11 Å². The van der Waals surface area contributed by atoms with E-state index in [9.17, 15) is 4.79 Å². The summed E-state index contributed by atoms with van der Waals surface area (Å²) in [6.45, 7) is 1.73. The minimum absolute atomic E-state index is 0.327. The van der Waals surface area contributed by atoms with Crippen LogP contribution in [0.4, 0.5) is 5.69 Å². The Labute approximate surface area is 93.8 Å². The van der Waals surface area contributed by atoms with Crippen LogP contribution in [-0.2, 0) is 4.79 Å². The topological polar surface area (TPSA) is 81.8 Å². The van der Waals surface area contributed by atoms with E-state index in [1.54, 1.807) is 25.1 Å². The number of methoxy groups -OCH3 is 1. The number of nitrogens with two attached hydrogens (primary N) is 1. The molecule has 5 heteroatoms. The van der Waals surface area contributed by atoms with Crippen LogP contribution in [0.15, 0.2) is 18.2 Å². The van der Waals surface area contributed by atoms with Gasteiger partial charge in [-0.15, -0.1) is 0 Å². The number of nitrogen functional groups attached to an aromatic ring is 1. The SMILES string of the molecule is CCC(Oc1cc(OC)ccc1N)C(=O)O. The van der Waals surface area contributed by atoms with Crippen LogP contribution < -0.4 is 15.2 Å². The number of aliphatic carboxylic acids is 1. The van der Waals surface area contributed by atoms with E-state index in [0.717, 1.165) is 0 Å². The van der Waals surface area contributed by atoms with Crippen molar-refractivity contribution in [1.29, 1.82) is 0 Å². The molecule has 0 amide bonds. The van der Waals surface area contributed by atoms with Crippen LogP contribution in [0.5, 0.6) is 11.5 Å². The van der Waals surface area contributed by atoms with Gasteiger partial charge in [0.25, 0.3) is 0 Å². The Bertz CT molecular complexity index is 378. The summed E-state index contributed by atoms with van der Waals surface area (Å²) >= 11 is 0. The maximum atomic E-state index is 10.8. The zero-order valence-electron chi connectivity index (χ0n) is 9.27. The zero-order chi connectivity index (χ0) is 12.1. The van der Waals surface area contributed by atoms with Crippen molar-refractivity contribution in [3.8, 4) is 11.5 Å². The van der Waals surface area contributed by atoms with Crippen LogP contribution in [0.2, 0.25) is 0 Å². The number of benzene rings is 1. The van der Waals surface area contributed by atoms with Crippen LogP contribution >= 0.6 is 0 Å². The molecule has 5 nitrogen and oxygen atoms in total. The lowest BCUT2D eigenvalue weighted by Gasteiger charge is -2.15. The normalized spacial score (nSPS) is 11.9. The minimum atomic E-state index is -1.01. The molecule has 0 fully saturated rings. The van der Waals surface area contributed by atoms with Gasteiger partial charge in [0.1, 0.15) is 11.5 Å². The monoisotopic (exact) mass is 225 g/mol. The highest BCUT2D eigenvalue weighted by Crippen LogP contribution is 2.28. The molecule has 0 spiro atoms. The second-order valence-corrected chi connectivity index (χ2v) is 3.26. The first kappa shape index (κ1) is 12.2. The summed E-state index contributed by atoms with van der Waals surface area (Å²) in [6.07, 6.45) is -0.527. The van der Waals surface area contributed by atoms with Crippen molar-refractivity contribution >= 4 is 11.7 Å². The number of hydrogen-bond donors (Lipinski definition) is 2. The third-order valence-corrected chi connectivity index (χ3v) is 2.14. The van der Waals surface area contributed by atoms with Gasteiger partial charge in [0.05, 0.1) is 12.8 Å². The molecule has 0 radical (unpaired) electrons. The van der Waals surface area contributed by atoms with Gasteiger partial charge in [-0.05, 0) is 18.6 Å². The molecule has 0 aliphatic rings. The summed E-state index contributed by atoms with van der Waals surface area (Å²) in [5.41, 5.74) is 6.06. The molecule has 16 heavy (non-hydrogen) atoms. The predicted octanol–water partition coefficient (Wildman–Crippen LogP) is 1.52. The zero-order valence-corrected chi connectivity index (χ0v) is 9.27. The molecule has 88 valence electrons.